The van der Waals surface area contributed by atoms with Gasteiger partial charge in [-0.15, -0.1) is 11.8 Å². The van der Waals surface area contributed by atoms with E-state index < -0.39 is 0 Å². The number of ether oxygens (including phenoxy) is 2. The van der Waals surface area contributed by atoms with Gasteiger partial charge < -0.3 is 14.0 Å². The molecule has 0 radical (unpaired) electrons. The maximum atomic E-state index is 12.9. The fraction of sp³-hybridized carbons (Fsp3) is 0.300. The number of benzene rings is 2. The molecule has 0 saturated heterocycles. The molecule has 0 atom stereocenters. The molecule has 8 heteroatoms. The predicted octanol–water partition coefficient (Wildman–Crippen LogP) is 4.59. The maximum absolute atomic E-state index is 12.9. The van der Waals surface area contributed by atoms with E-state index in [-0.39, 0.29) is 18.5 Å². The van der Waals surface area contributed by atoms with Crippen LogP contribution >= 0.6 is 23.1 Å². The highest BCUT2D eigenvalue weighted by molar-refractivity contribution is 7.99. The van der Waals surface area contributed by atoms with Crippen LogP contribution in [0.4, 0.5) is 4.39 Å². The maximum Gasteiger partial charge on any atom is 0.249 e. The molecule has 146 valence electrons. The van der Waals surface area contributed by atoms with Gasteiger partial charge in [0.1, 0.15) is 5.82 Å². The van der Waals surface area contributed by atoms with E-state index in [1.54, 1.807) is 12.1 Å². The quantitative estimate of drug-likeness (QED) is 0.550. The highest BCUT2D eigenvalue weighted by Crippen LogP contribution is 2.37. The van der Waals surface area contributed by atoms with Crippen LogP contribution in [0.2, 0.25) is 0 Å². The van der Waals surface area contributed by atoms with Crippen LogP contribution in [0.3, 0.4) is 0 Å². The van der Waals surface area contributed by atoms with Crippen molar-refractivity contribution in [2.45, 2.75) is 31.2 Å². The lowest BCUT2D eigenvalue weighted by atomic mass is 10.3. The third-order valence-electron chi connectivity index (χ3n) is 4.24. The molecule has 0 fully saturated rings. The molecule has 1 aliphatic heterocycles. The van der Waals surface area contributed by atoms with Crippen LogP contribution < -0.4 is 14.3 Å². The van der Waals surface area contributed by atoms with Crippen molar-refractivity contribution in [1.29, 1.82) is 0 Å². The van der Waals surface area contributed by atoms with Crippen molar-refractivity contribution in [3.8, 4) is 11.5 Å². The predicted molar refractivity (Wildman–Crippen MR) is 109 cm³/mol. The highest BCUT2D eigenvalue weighted by atomic mass is 32.2. The Labute approximate surface area is 169 Å². The molecular formula is C20H19FN2O3S2. The van der Waals surface area contributed by atoms with Gasteiger partial charge in [-0.3, -0.25) is 4.79 Å². The number of aromatic nitrogens is 1. The summed E-state index contributed by atoms with van der Waals surface area (Å²) in [6, 6.07) is 10.2. The highest BCUT2D eigenvalue weighted by Gasteiger charge is 2.17. The Hall–Kier alpha value is -2.32. The largest absolute Gasteiger partial charge is 0.454 e. The van der Waals surface area contributed by atoms with Crippen molar-refractivity contribution in [3.63, 3.8) is 0 Å². The molecule has 0 N–H and O–H groups in total. The van der Waals surface area contributed by atoms with Gasteiger partial charge in [0, 0.05) is 35.7 Å². The van der Waals surface area contributed by atoms with Gasteiger partial charge in [0.15, 0.2) is 16.3 Å². The van der Waals surface area contributed by atoms with Crippen molar-refractivity contribution >= 4 is 39.2 Å². The second-order valence-electron chi connectivity index (χ2n) is 6.27. The standard InChI is InChI=1S/C20H19FN2O3S2/c1-2-8-23-15-10-16-17(26-12-25-16)11-18(15)28-20(23)22-19(24)7-9-27-14-5-3-13(21)4-6-14/h3-6,10-11H,2,7-9,12H2,1H3. The van der Waals surface area contributed by atoms with E-state index in [4.69, 9.17) is 9.47 Å². The van der Waals surface area contributed by atoms with E-state index in [0.717, 1.165) is 39.6 Å². The molecule has 28 heavy (non-hydrogen) atoms. The first-order valence-electron chi connectivity index (χ1n) is 9.03. The SMILES string of the molecule is CCCn1c(=NC(=O)CCSc2ccc(F)cc2)sc2cc3c(cc21)OCO3. The molecule has 0 aliphatic carbocycles. The average Bonchev–Trinajstić information content (AvgIpc) is 3.26. The summed E-state index contributed by atoms with van der Waals surface area (Å²) in [6.07, 6.45) is 1.26. The molecule has 0 bridgehead atoms. The number of thiazole rings is 1. The van der Waals surface area contributed by atoms with E-state index in [9.17, 15) is 9.18 Å². The van der Waals surface area contributed by atoms with E-state index >= 15 is 0 Å². The third kappa shape index (κ3) is 4.07. The van der Waals surface area contributed by atoms with Crippen LogP contribution in [0.15, 0.2) is 46.3 Å². The van der Waals surface area contributed by atoms with Crippen LogP contribution in [0, 0.1) is 5.82 Å². The molecule has 3 aromatic rings. The Morgan fingerprint density at radius 2 is 2.00 bits per heavy atom. The minimum absolute atomic E-state index is 0.161. The Balaban J connectivity index is 1.53. The van der Waals surface area contributed by atoms with Crippen LogP contribution in [0.1, 0.15) is 19.8 Å². The number of rotatable bonds is 6. The summed E-state index contributed by atoms with van der Waals surface area (Å²) < 4.78 is 27.0. The summed E-state index contributed by atoms with van der Waals surface area (Å²) in [6.45, 7) is 3.10. The summed E-state index contributed by atoms with van der Waals surface area (Å²) in [5, 5.41) is 0. The first-order valence-corrected chi connectivity index (χ1v) is 10.8. The zero-order chi connectivity index (χ0) is 19.5. The third-order valence-corrected chi connectivity index (χ3v) is 6.30. The minimum atomic E-state index is -0.262. The number of nitrogens with zero attached hydrogens (tertiary/aromatic N) is 2. The number of fused-ring (bicyclic) bond motifs is 2. The number of thioether (sulfide) groups is 1. The fourth-order valence-electron chi connectivity index (χ4n) is 2.93. The summed E-state index contributed by atoms with van der Waals surface area (Å²) >= 11 is 3.00. The Kier molecular flexibility index (Phi) is 5.68. The van der Waals surface area contributed by atoms with Crippen molar-refractivity contribution in [2.24, 2.45) is 4.99 Å². The van der Waals surface area contributed by atoms with Gasteiger partial charge >= 0.3 is 0 Å². The first-order chi connectivity index (χ1) is 13.6. The number of hydrogen-bond donors (Lipinski definition) is 0. The van der Waals surface area contributed by atoms with Gasteiger partial charge in [0.25, 0.3) is 0 Å². The molecule has 5 nitrogen and oxygen atoms in total. The molecule has 4 rings (SSSR count). The number of carbonyl (C=O) groups excluding carboxylic acids is 1. The number of hydrogen-bond acceptors (Lipinski definition) is 5. The molecular weight excluding hydrogens is 399 g/mol. The molecule has 0 unspecified atom stereocenters. The van der Waals surface area contributed by atoms with E-state index in [0.29, 0.717) is 17.0 Å². The van der Waals surface area contributed by atoms with Gasteiger partial charge in [-0.25, -0.2) is 4.39 Å². The molecule has 2 aromatic carbocycles. The summed E-state index contributed by atoms with van der Waals surface area (Å²) in [4.78, 5) is 18.4. The van der Waals surface area contributed by atoms with Crippen LogP contribution in [0.25, 0.3) is 10.2 Å². The van der Waals surface area contributed by atoms with E-state index in [2.05, 4.69) is 16.5 Å². The fourth-order valence-corrected chi connectivity index (χ4v) is 4.86. The van der Waals surface area contributed by atoms with Crippen molar-refractivity contribution in [3.05, 3.63) is 47.0 Å². The van der Waals surface area contributed by atoms with Crippen molar-refractivity contribution in [1.82, 2.24) is 4.57 Å². The van der Waals surface area contributed by atoms with Gasteiger partial charge in [-0.05, 0) is 30.7 Å². The Bertz CT molecular complexity index is 1070. The van der Waals surface area contributed by atoms with Gasteiger partial charge in [-0.1, -0.05) is 18.3 Å². The smallest absolute Gasteiger partial charge is 0.249 e. The summed E-state index contributed by atoms with van der Waals surface area (Å²) in [7, 11) is 0. The lowest BCUT2D eigenvalue weighted by Gasteiger charge is -2.03. The molecule has 1 aromatic heterocycles. The number of halogens is 1. The van der Waals surface area contributed by atoms with Crippen molar-refractivity contribution < 1.29 is 18.7 Å². The molecule has 0 saturated carbocycles. The number of carbonyl (C=O) groups is 1. The monoisotopic (exact) mass is 418 g/mol. The second kappa shape index (κ2) is 8.36. The summed E-state index contributed by atoms with van der Waals surface area (Å²) in [5.41, 5.74) is 1.00. The molecule has 2 heterocycles. The van der Waals surface area contributed by atoms with Gasteiger partial charge in [-0.2, -0.15) is 4.99 Å². The molecule has 1 amide bonds. The lowest BCUT2D eigenvalue weighted by molar-refractivity contribution is -0.117. The lowest BCUT2D eigenvalue weighted by Crippen LogP contribution is -2.17. The zero-order valence-corrected chi connectivity index (χ0v) is 16.9. The average molecular weight is 419 g/mol. The van der Waals surface area contributed by atoms with E-state index in [1.165, 1.54) is 35.2 Å². The van der Waals surface area contributed by atoms with Crippen LogP contribution in [0.5, 0.6) is 11.5 Å². The topological polar surface area (TPSA) is 52.8 Å². The molecule has 0 spiro atoms. The first kappa shape index (κ1) is 19.0. The van der Waals surface area contributed by atoms with Crippen molar-refractivity contribution in [2.75, 3.05) is 12.5 Å². The van der Waals surface area contributed by atoms with Gasteiger partial charge in [0.2, 0.25) is 12.7 Å². The second-order valence-corrected chi connectivity index (χ2v) is 8.44. The normalized spacial score (nSPS) is 13.4. The Morgan fingerprint density at radius 3 is 2.75 bits per heavy atom. The zero-order valence-electron chi connectivity index (χ0n) is 15.3. The van der Waals surface area contributed by atoms with Crippen LogP contribution in [-0.2, 0) is 11.3 Å². The van der Waals surface area contributed by atoms with Gasteiger partial charge in [0.05, 0.1) is 10.2 Å². The number of aryl methyl sites for hydroxylation is 1. The Morgan fingerprint density at radius 1 is 1.25 bits per heavy atom. The molecule has 1 aliphatic rings. The number of amides is 1. The summed E-state index contributed by atoms with van der Waals surface area (Å²) in [5.74, 6) is 1.63. The minimum Gasteiger partial charge on any atom is -0.454 e. The van der Waals surface area contributed by atoms with E-state index in [1.807, 2.05) is 12.1 Å². The van der Waals surface area contributed by atoms with Crippen LogP contribution in [-0.4, -0.2) is 23.0 Å².